The van der Waals surface area contributed by atoms with Crippen LogP contribution in [0.3, 0.4) is 0 Å². The lowest BCUT2D eigenvalue weighted by atomic mass is 9.52. The van der Waals surface area contributed by atoms with E-state index in [1.807, 2.05) is 6.07 Å². The molecule has 51 heavy (non-hydrogen) atoms. The van der Waals surface area contributed by atoms with Crippen molar-refractivity contribution in [3.63, 3.8) is 0 Å². The number of amides is 1. The number of benzene rings is 1. The number of alkyl halides is 5. The molecule has 7 nitrogen and oxygen atoms in total. The zero-order valence-corrected chi connectivity index (χ0v) is 30.9. The molecule has 2 saturated carbocycles. The van der Waals surface area contributed by atoms with Crippen molar-refractivity contribution in [2.45, 2.75) is 147 Å². The molecule has 0 aliphatic heterocycles. The van der Waals surface area contributed by atoms with Gasteiger partial charge in [-0.3, -0.25) is 0 Å². The summed E-state index contributed by atoms with van der Waals surface area (Å²) in [5.41, 5.74) is 2.38. The predicted molar refractivity (Wildman–Crippen MR) is 186 cm³/mol. The second-order valence-electron chi connectivity index (χ2n) is 15.8. The zero-order chi connectivity index (χ0) is 37.6. The number of carboxylic acid groups (broad SMARTS) is 1. The van der Waals surface area contributed by atoms with Crippen LogP contribution in [0.5, 0.6) is 5.75 Å². The van der Waals surface area contributed by atoms with E-state index in [1.54, 1.807) is 19.9 Å². The first kappa shape index (κ1) is 41.6. The molecular formula is C38H56F5NO6S. The minimum absolute atomic E-state index is 0.0764. The molecule has 0 heterocycles. The number of aliphatic hydroxyl groups excluding tert-OH is 1. The number of hydrogen-bond acceptors (Lipinski definition) is 5. The van der Waals surface area contributed by atoms with Crippen molar-refractivity contribution >= 4 is 23.2 Å². The van der Waals surface area contributed by atoms with E-state index in [4.69, 9.17) is 4.74 Å². The second-order valence-corrected chi connectivity index (χ2v) is 17.5. The van der Waals surface area contributed by atoms with Gasteiger partial charge in [0.15, 0.2) is 0 Å². The van der Waals surface area contributed by atoms with Crippen LogP contribution in [0.1, 0.15) is 128 Å². The van der Waals surface area contributed by atoms with Gasteiger partial charge >= 0.3 is 24.2 Å². The quantitative estimate of drug-likeness (QED) is 0.0783. The van der Waals surface area contributed by atoms with Crippen molar-refractivity contribution in [2.75, 3.05) is 11.5 Å². The number of unbranched alkanes of at least 4 members (excludes halogenated alkanes) is 6. The number of carbonyl (C=O) groups excluding carboxylic acids is 1. The molecule has 1 amide bonds. The Labute approximate surface area is 302 Å². The molecule has 0 saturated heterocycles. The Morgan fingerprint density at radius 1 is 1.00 bits per heavy atom. The third-order valence-corrected chi connectivity index (χ3v) is 13.5. The Kier molecular flexibility index (Phi) is 14.5. The molecule has 1 aromatic rings. The van der Waals surface area contributed by atoms with Crippen LogP contribution in [-0.4, -0.2) is 62.6 Å². The fraction of sp³-hybridized carbons (Fsp3) is 0.789. The average Bonchev–Trinajstić information content (AvgIpc) is 3.35. The molecule has 0 radical (unpaired) electrons. The van der Waals surface area contributed by atoms with Crippen molar-refractivity contribution in [3.8, 4) is 5.75 Å². The Hall–Kier alpha value is -2.12. The topological polar surface area (TPSA) is 119 Å². The van der Waals surface area contributed by atoms with E-state index in [0.717, 1.165) is 77.0 Å². The molecule has 3 aliphatic rings. The van der Waals surface area contributed by atoms with Gasteiger partial charge in [-0.15, -0.1) is 0 Å². The molecular weight excluding hydrogens is 693 g/mol. The molecule has 3 aliphatic carbocycles. The first-order chi connectivity index (χ1) is 23.9. The molecule has 1 aromatic carbocycles. The summed E-state index contributed by atoms with van der Waals surface area (Å²) in [4.78, 5) is 24.2. The molecule has 2 fully saturated rings. The number of aliphatic carboxylic acids is 1. The highest BCUT2D eigenvalue weighted by molar-refractivity contribution is 7.91. The standard InChI is InChI=1S/C38H56F5NO6S/c1-24(2)33(34(46)47)44-35(48)50-27-13-14-28-26(23-27)22-25(32-29(28)17-19-36(3)30(32)15-16-31(36)45)12-9-7-5-4-6-8-10-20-51(49)21-11-18-37(39,40)38(41,42)43/h13-14,23-25,29-33,45H,4-12,15-22H2,1-3H3,(H,44,48)(H,46,47)/t25-,29?,30+,31+,32-,33+,36+,51?/m1/s1. The van der Waals surface area contributed by atoms with E-state index in [2.05, 4.69) is 18.3 Å². The molecule has 290 valence electrons. The summed E-state index contributed by atoms with van der Waals surface area (Å²) in [5.74, 6) is -3.90. The first-order valence-corrected chi connectivity index (χ1v) is 20.2. The minimum Gasteiger partial charge on any atom is -0.616 e. The summed E-state index contributed by atoms with van der Waals surface area (Å²) < 4.78 is 80.6. The van der Waals surface area contributed by atoms with Gasteiger partial charge in [-0.2, -0.15) is 22.0 Å². The Balaban J connectivity index is 1.26. The monoisotopic (exact) mass is 749 g/mol. The number of ether oxygens (including phenoxy) is 1. The van der Waals surface area contributed by atoms with Crippen LogP contribution in [0.15, 0.2) is 18.2 Å². The zero-order valence-electron chi connectivity index (χ0n) is 30.1. The van der Waals surface area contributed by atoms with Gasteiger partial charge in [0.05, 0.1) is 6.10 Å². The summed E-state index contributed by atoms with van der Waals surface area (Å²) in [6.07, 6.45) is 3.97. The van der Waals surface area contributed by atoms with Crippen LogP contribution in [-0.2, 0) is 22.4 Å². The maximum atomic E-state index is 13.0. The van der Waals surface area contributed by atoms with Gasteiger partial charge in [-0.25, -0.2) is 9.59 Å². The van der Waals surface area contributed by atoms with Crippen LogP contribution in [0, 0.1) is 29.1 Å². The molecule has 8 atom stereocenters. The third kappa shape index (κ3) is 10.5. The van der Waals surface area contributed by atoms with E-state index < -0.39 is 54.2 Å². The van der Waals surface area contributed by atoms with E-state index >= 15 is 0 Å². The van der Waals surface area contributed by atoms with E-state index in [-0.39, 0.29) is 23.2 Å². The summed E-state index contributed by atoms with van der Waals surface area (Å²) in [6, 6.07) is 4.75. The smallest absolute Gasteiger partial charge is 0.453 e. The maximum Gasteiger partial charge on any atom is 0.453 e. The maximum absolute atomic E-state index is 13.0. The molecule has 2 unspecified atom stereocenters. The summed E-state index contributed by atoms with van der Waals surface area (Å²) >= 11 is -1.40. The normalized spacial score (nSPS) is 27.3. The molecule has 4 rings (SSSR count). The lowest BCUT2D eigenvalue weighted by Gasteiger charge is -2.53. The lowest BCUT2D eigenvalue weighted by molar-refractivity contribution is -0.284. The number of carbonyl (C=O) groups is 2. The summed E-state index contributed by atoms with van der Waals surface area (Å²) in [6.45, 7) is 5.70. The van der Waals surface area contributed by atoms with Crippen molar-refractivity contribution in [3.05, 3.63) is 29.3 Å². The Morgan fingerprint density at radius 3 is 2.29 bits per heavy atom. The SMILES string of the molecule is CC(C)[C@H](NC(=O)Oc1ccc2c(c1)C[C@@H](CCCCCCCCC[S+]([O-])CCCC(F)(F)C(F)(F)F)[C@@H]1C2CC[C@]2(C)[C@@H](O)CC[C@@H]12)C(=O)O. The number of hydrogen-bond donors (Lipinski definition) is 3. The number of halogens is 5. The highest BCUT2D eigenvalue weighted by atomic mass is 32.2. The number of nitrogens with one attached hydrogen (secondary N) is 1. The van der Waals surface area contributed by atoms with Gasteiger partial charge in [-0.1, -0.05) is 70.1 Å². The largest absolute Gasteiger partial charge is 0.616 e. The second kappa shape index (κ2) is 17.8. The van der Waals surface area contributed by atoms with Crippen LogP contribution < -0.4 is 10.1 Å². The van der Waals surface area contributed by atoms with Crippen LogP contribution in [0.4, 0.5) is 26.7 Å². The highest BCUT2D eigenvalue weighted by Crippen LogP contribution is 2.62. The van der Waals surface area contributed by atoms with E-state index in [1.165, 1.54) is 11.1 Å². The van der Waals surface area contributed by atoms with E-state index in [9.17, 15) is 46.3 Å². The lowest BCUT2D eigenvalue weighted by Crippen LogP contribution is -2.47. The molecule has 13 heteroatoms. The fourth-order valence-electron chi connectivity index (χ4n) is 9.11. The van der Waals surface area contributed by atoms with Crippen molar-refractivity contribution in [1.29, 1.82) is 0 Å². The van der Waals surface area contributed by atoms with Crippen molar-refractivity contribution in [2.24, 2.45) is 29.1 Å². The van der Waals surface area contributed by atoms with Gasteiger partial charge in [0.2, 0.25) is 0 Å². The van der Waals surface area contributed by atoms with Crippen LogP contribution in [0.2, 0.25) is 0 Å². The highest BCUT2D eigenvalue weighted by Gasteiger charge is 2.57. The van der Waals surface area contributed by atoms with E-state index in [0.29, 0.717) is 41.6 Å². The molecule has 0 bridgehead atoms. The van der Waals surface area contributed by atoms with Crippen molar-refractivity contribution in [1.82, 2.24) is 5.32 Å². The van der Waals surface area contributed by atoms with Gasteiger partial charge in [0, 0.05) is 6.42 Å². The number of rotatable bonds is 18. The van der Waals surface area contributed by atoms with Gasteiger partial charge in [-0.05, 0) is 116 Å². The summed E-state index contributed by atoms with van der Waals surface area (Å²) in [7, 11) is 0. The fourth-order valence-corrected chi connectivity index (χ4v) is 10.3. The van der Waals surface area contributed by atoms with Crippen molar-refractivity contribution < 1.29 is 51.0 Å². The molecule has 3 N–H and O–H groups in total. The minimum atomic E-state index is -5.57. The van der Waals surface area contributed by atoms with Crippen LogP contribution >= 0.6 is 0 Å². The average molecular weight is 750 g/mol. The Bertz CT molecular complexity index is 1310. The number of fused-ring (bicyclic) bond motifs is 5. The first-order valence-electron chi connectivity index (χ1n) is 18.8. The summed E-state index contributed by atoms with van der Waals surface area (Å²) in [5, 5.41) is 22.9. The van der Waals surface area contributed by atoms with Gasteiger partial charge in [0.1, 0.15) is 23.3 Å². The van der Waals surface area contributed by atoms with Crippen LogP contribution in [0.25, 0.3) is 0 Å². The number of carboxylic acids is 1. The van der Waals surface area contributed by atoms with Gasteiger partial charge in [0.25, 0.3) is 0 Å². The number of aliphatic hydroxyl groups is 1. The molecule has 0 spiro atoms. The predicted octanol–water partition coefficient (Wildman–Crippen LogP) is 9.17. The molecule has 0 aromatic heterocycles. The van der Waals surface area contributed by atoms with Gasteiger partial charge < -0.3 is 24.8 Å². The Morgan fingerprint density at radius 2 is 1.65 bits per heavy atom. The third-order valence-electron chi connectivity index (χ3n) is 12.0.